The van der Waals surface area contributed by atoms with Crippen molar-refractivity contribution in [3.8, 4) is 0 Å². The number of nitrogens with zero attached hydrogens (tertiary/aromatic N) is 4. The Morgan fingerprint density at radius 1 is 1.45 bits per heavy atom. The van der Waals surface area contributed by atoms with Crippen LogP contribution < -0.4 is 17.2 Å². The van der Waals surface area contributed by atoms with Gasteiger partial charge in [0.05, 0.1) is 17.7 Å². The first-order valence-corrected chi connectivity index (χ1v) is 10.7. The minimum absolute atomic E-state index is 0.0687. The molecule has 0 saturated carbocycles. The van der Waals surface area contributed by atoms with Crippen LogP contribution in [0.2, 0.25) is 5.02 Å². The number of ether oxygens (including phenoxy) is 1. The highest BCUT2D eigenvalue weighted by atomic mass is 35.5. The number of aromatic nitrogens is 1. The summed E-state index contributed by atoms with van der Waals surface area (Å²) in [7, 11) is 0. The molecule has 0 aromatic carbocycles. The fourth-order valence-corrected chi connectivity index (χ4v) is 4.80. The van der Waals surface area contributed by atoms with E-state index in [1.54, 1.807) is 12.3 Å². The van der Waals surface area contributed by atoms with Gasteiger partial charge in [-0.15, -0.1) is 0 Å². The van der Waals surface area contributed by atoms with Gasteiger partial charge in [-0.1, -0.05) is 23.4 Å². The van der Waals surface area contributed by atoms with Crippen molar-refractivity contribution in [2.45, 2.75) is 43.7 Å². The molecule has 0 amide bonds. The quantitative estimate of drug-likeness (QED) is 0.374. The second kappa shape index (κ2) is 8.91. The van der Waals surface area contributed by atoms with Gasteiger partial charge in [0.25, 0.3) is 0 Å². The van der Waals surface area contributed by atoms with E-state index in [1.807, 2.05) is 13.8 Å². The first kappa shape index (κ1) is 21.9. The molecule has 8 nitrogen and oxygen atoms in total. The number of hydrogen-bond acceptors (Lipinski definition) is 8. The molecule has 2 saturated heterocycles. The average molecular weight is 438 g/mol. The van der Waals surface area contributed by atoms with Crippen molar-refractivity contribution < 1.29 is 4.74 Å². The molecule has 29 heavy (non-hydrogen) atoms. The van der Waals surface area contributed by atoms with Crippen LogP contribution in [-0.2, 0) is 4.74 Å². The van der Waals surface area contributed by atoms with Gasteiger partial charge >= 0.3 is 0 Å². The van der Waals surface area contributed by atoms with Gasteiger partial charge in [0.2, 0.25) is 0 Å². The van der Waals surface area contributed by atoms with Gasteiger partial charge in [0.1, 0.15) is 16.7 Å². The third-order valence-corrected chi connectivity index (χ3v) is 7.40. The van der Waals surface area contributed by atoms with E-state index < -0.39 is 0 Å². The Labute approximate surface area is 180 Å². The summed E-state index contributed by atoms with van der Waals surface area (Å²) in [6, 6.07) is 1.83. The molecule has 2 aliphatic heterocycles. The maximum Gasteiger partial charge on any atom is 0.158 e. The molecular weight excluding hydrogens is 410 g/mol. The number of anilines is 1. The predicted octanol–water partition coefficient (Wildman–Crippen LogP) is 2.44. The largest absolute Gasteiger partial charge is 0.382 e. The molecule has 2 aliphatic rings. The van der Waals surface area contributed by atoms with Crippen LogP contribution in [0.15, 0.2) is 38.0 Å². The number of rotatable bonds is 4. The summed E-state index contributed by atoms with van der Waals surface area (Å²) in [6.45, 7) is 10.1. The predicted molar refractivity (Wildman–Crippen MR) is 120 cm³/mol. The first-order chi connectivity index (χ1) is 13.8. The van der Waals surface area contributed by atoms with Gasteiger partial charge in [0.15, 0.2) is 5.82 Å². The van der Waals surface area contributed by atoms with Gasteiger partial charge in [-0.25, -0.2) is 9.98 Å². The van der Waals surface area contributed by atoms with Crippen molar-refractivity contribution in [1.82, 2.24) is 9.88 Å². The lowest BCUT2D eigenvalue weighted by Gasteiger charge is -2.41. The molecule has 6 N–H and O–H groups in total. The lowest BCUT2D eigenvalue weighted by Crippen LogP contribution is -2.51. The Balaban J connectivity index is 1.71. The molecule has 1 spiro atoms. The Morgan fingerprint density at radius 2 is 2.14 bits per heavy atom. The zero-order chi connectivity index (χ0) is 21.2. The summed E-state index contributed by atoms with van der Waals surface area (Å²) >= 11 is 7.47. The van der Waals surface area contributed by atoms with Crippen molar-refractivity contribution in [2.75, 3.05) is 25.4 Å². The molecule has 0 unspecified atom stereocenters. The van der Waals surface area contributed by atoms with E-state index in [2.05, 4.69) is 26.6 Å². The summed E-state index contributed by atoms with van der Waals surface area (Å²) < 4.78 is 5.79. The minimum atomic E-state index is 0.0687. The summed E-state index contributed by atoms with van der Waals surface area (Å²) in [5.74, 6) is 1.37. The molecular formula is C19H28ClN7OS. The van der Waals surface area contributed by atoms with Crippen LogP contribution in [0.1, 0.15) is 26.7 Å². The average Bonchev–Trinajstić information content (AvgIpc) is 2.98. The van der Waals surface area contributed by atoms with Crippen LogP contribution >= 0.6 is 23.4 Å². The van der Waals surface area contributed by atoms with Crippen LogP contribution in [0, 0.1) is 5.41 Å². The van der Waals surface area contributed by atoms with Crippen LogP contribution in [-0.4, -0.2) is 54.3 Å². The molecule has 0 aliphatic carbocycles. The number of nitrogen functional groups attached to an aromatic ring is 1. The van der Waals surface area contributed by atoms with E-state index in [0.717, 1.165) is 38.4 Å². The lowest BCUT2D eigenvalue weighted by atomic mass is 9.73. The highest BCUT2D eigenvalue weighted by Crippen LogP contribution is 2.41. The molecule has 3 heterocycles. The smallest absolute Gasteiger partial charge is 0.158 e. The molecule has 0 bridgehead atoms. The number of pyridine rings is 1. The molecule has 2 atom stereocenters. The van der Waals surface area contributed by atoms with Gasteiger partial charge in [-0.05, 0) is 39.5 Å². The van der Waals surface area contributed by atoms with Crippen LogP contribution in [0.5, 0.6) is 0 Å². The van der Waals surface area contributed by atoms with E-state index >= 15 is 0 Å². The zero-order valence-electron chi connectivity index (χ0n) is 16.8. The van der Waals surface area contributed by atoms with Crippen molar-refractivity contribution >= 4 is 41.7 Å². The highest BCUT2D eigenvalue weighted by Gasteiger charge is 2.47. The van der Waals surface area contributed by atoms with Crippen LogP contribution in [0.4, 0.5) is 5.82 Å². The maximum atomic E-state index is 6.40. The summed E-state index contributed by atoms with van der Waals surface area (Å²) in [4.78, 5) is 15.4. The maximum absolute atomic E-state index is 6.40. The number of nitrogens with two attached hydrogens (primary N) is 3. The summed E-state index contributed by atoms with van der Waals surface area (Å²) in [5.41, 5.74) is 18.4. The molecule has 2 fully saturated rings. The first-order valence-electron chi connectivity index (χ1n) is 9.49. The SMILES string of the molecule is C=N/C(Sc1ccnc(N)c1Cl)=C(N)\N=C(/C)N1CCC2(CC1)CO[C@H](C)[C@H]2N. The van der Waals surface area contributed by atoms with E-state index in [0.29, 0.717) is 14.9 Å². The third-order valence-electron chi connectivity index (χ3n) is 5.80. The zero-order valence-corrected chi connectivity index (χ0v) is 18.3. The minimum Gasteiger partial charge on any atom is -0.382 e. The molecule has 158 valence electrons. The van der Waals surface area contributed by atoms with E-state index in [4.69, 9.17) is 33.5 Å². The third kappa shape index (κ3) is 4.53. The summed E-state index contributed by atoms with van der Waals surface area (Å²) in [6.07, 6.45) is 3.64. The Bertz CT molecular complexity index is 836. The van der Waals surface area contributed by atoms with Crippen molar-refractivity contribution in [3.63, 3.8) is 0 Å². The van der Waals surface area contributed by atoms with Crippen molar-refractivity contribution in [2.24, 2.45) is 26.9 Å². The van der Waals surface area contributed by atoms with Gasteiger partial charge in [-0.2, -0.15) is 0 Å². The lowest BCUT2D eigenvalue weighted by molar-refractivity contribution is 0.0838. The highest BCUT2D eigenvalue weighted by molar-refractivity contribution is 8.03. The molecule has 0 radical (unpaired) electrons. The molecule has 3 rings (SSSR count). The van der Waals surface area contributed by atoms with Crippen LogP contribution in [0.25, 0.3) is 0 Å². The van der Waals surface area contributed by atoms with E-state index in [-0.39, 0.29) is 29.2 Å². The van der Waals surface area contributed by atoms with Crippen LogP contribution in [0.3, 0.4) is 0 Å². The second-order valence-corrected chi connectivity index (χ2v) is 8.92. The van der Waals surface area contributed by atoms with Gasteiger partial charge < -0.3 is 26.8 Å². The number of halogens is 1. The number of piperidine rings is 1. The van der Waals surface area contributed by atoms with E-state index in [1.165, 1.54) is 11.8 Å². The standard InChI is InChI=1S/C19H28ClN7OS/c1-11-15(21)19(10-28-11)5-8-27(9-6-19)12(2)26-17(23)18(24-3)29-13-4-7-25-16(22)14(13)20/h4,7,11,15H,3,5-6,8-10,21,23H2,1-2H3,(H2,22,25)/b18-17+,26-12+/t11-,15-/m1/s1. The van der Waals surface area contributed by atoms with Crippen molar-refractivity contribution in [1.29, 1.82) is 0 Å². The Hall–Kier alpha value is -1.81. The molecule has 1 aromatic rings. The number of thioether (sulfide) groups is 1. The van der Waals surface area contributed by atoms with Crippen molar-refractivity contribution in [3.05, 3.63) is 28.1 Å². The second-order valence-electron chi connectivity index (χ2n) is 7.51. The fourth-order valence-electron chi connectivity index (χ4n) is 3.83. The van der Waals surface area contributed by atoms with Gasteiger partial charge in [-0.3, -0.25) is 4.99 Å². The molecule has 1 aromatic heterocycles. The molecule has 10 heteroatoms. The van der Waals surface area contributed by atoms with E-state index in [9.17, 15) is 0 Å². The normalized spacial score (nSPS) is 25.2. The number of hydrogen-bond donors (Lipinski definition) is 3. The number of aliphatic imine (C=N–C) groups is 2. The monoisotopic (exact) mass is 437 g/mol. The number of likely N-dealkylation sites (tertiary alicyclic amines) is 1. The van der Waals surface area contributed by atoms with Gasteiger partial charge in [0, 0.05) is 35.6 Å². The topological polar surface area (TPSA) is 128 Å². The fraction of sp³-hybridized carbons (Fsp3) is 0.526. The Morgan fingerprint density at radius 3 is 2.72 bits per heavy atom. The Kier molecular flexibility index (Phi) is 6.72. The number of amidine groups is 1. The summed E-state index contributed by atoms with van der Waals surface area (Å²) in [5, 5.41) is 0.822.